The van der Waals surface area contributed by atoms with Crippen LogP contribution in [0.1, 0.15) is 42.7 Å². The Bertz CT molecular complexity index is 1580. The SMILES string of the molecule is CCC(=O)C(=C(C)c1cc(CC(=O)O)cn1C)c1cc(-c2ccc(-c3ccccc3OC)cc2)c(Cl)cc1C. The second kappa shape index (κ2) is 11.7. The van der Waals surface area contributed by atoms with Gasteiger partial charge in [0.1, 0.15) is 5.75 Å². The highest BCUT2D eigenvalue weighted by atomic mass is 35.5. The van der Waals surface area contributed by atoms with Crippen molar-refractivity contribution < 1.29 is 19.4 Å². The van der Waals surface area contributed by atoms with Crippen LogP contribution in [0.5, 0.6) is 5.75 Å². The number of nitrogens with zero attached hydrogens (tertiary/aromatic N) is 1. The van der Waals surface area contributed by atoms with E-state index in [0.29, 0.717) is 22.6 Å². The summed E-state index contributed by atoms with van der Waals surface area (Å²) in [7, 11) is 3.52. The van der Waals surface area contributed by atoms with E-state index in [2.05, 4.69) is 0 Å². The van der Waals surface area contributed by atoms with Crippen molar-refractivity contribution in [1.82, 2.24) is 4.57 Å². The minimum absolute atomic E-state index is 0.0105. The molecule has 1 N–H and O–H groups in total. The van der Waals surface area contributed by atoms with Crippen molar-refractivity contribution in [1.29, 1.82) is 0 Å². The molecule has 0 saturated heterocycles. The van der Waals surface area contributed by atoms with Crippen molar-refractivity contribution >= 4 is 34.5 Å². The first-order chi connectivity index (χ1) is 18.6. The van der Waals surface area contributed by atoms with Crippen LogP contribution < -0.4 is 4.74 Å². The Balaban J connectivity index is 1.83. The van der Waals surface area contributed by atoms with Gasteiger partial charge in [0.25, 0.3) is 0 Å². The van der Waals surface area contributed by atoms with Gasteiger partial charge >= 0.3 is 5.97 Å². The summed E-state index contributed by atoms with van der Waals surface area (Å²) in [5, 5.41) is 9.84. The van der Waals surface area contributed by atoms with Gasteiger partial charge in [-0.2, -0.15) is 0 Å². The van der Waals surface area contributed by atoms with E-state index >= 15 is 0 Å². The Morgan fingerprint density at radius 2 is 1.62 bits per heavy atom. The number of carbonyl (C=O) groups is 2. The van der Waals surface area contributed by atoms with E-state index in [4.69, 9.17) is 16.3 Å². The fraction of sp³-hybridized carbons (Fsp3) is 0.212. The number of hydrogen-bond donors (Lipinski definition) is 1. The molecule has 0 atom stereocenters. The van der Waals surface area contributed by atoms with Gasteiger partial charge in [0.15, 0.2) is 5.78 Å². The molecule has 5 nitrogen and oxygen atoms in total. The number of para-hydroxylation sites is 1. The smallest absolute Gasteiger partial charge is 0.307 e. The predicted molar refractivity (Wildman–Crippen MR) is 158 cm³/mol. The lowest BCUT2D eigenvalue weighted by atomic mass is 9.88. The van der Waals surface area contributed by atoms with E-state index in [9.17, 15) is 14.7 Å². The van der Waals surface area contributed by atoms with Crippen LogP contribution in [0, 0.1) is 6.92 Å². The van der Waals surface area contributed by atoms with E-state index in [-0.39, 0.29) is 12.2 Å². The Kier molecular flexibility index (Phi) is 8.41. The molecule has 6 heteroatoms. The van der Waals surface area contributed by atoms with Gasteiger partial charge < -0.3 is 14.4 Å². The van der Waals surface area contributed by atoms with E-state index in [1.54, 1.807) is 13.3 Å². The van der Waals surface area contributed by atoms with Gasteiger partial charge in [0.05, 0.1) is 13.5 Å². The molecule has 0 aliphatic carbocycles. The number of halogens is 1. The fourth-order valence-electron chi connectivity index (χ4n) is 5.02. The Morgan fingerprint density at radius 3 is 2.23 bits per heavy atom. The average molecular weight is 542 g/mol. The summed E-state index contributed by atoms with van der Waals surface area (Å²) >= 11 is 6.75. The minimum atomic E-state index is -0.895. The minimum Gasteiger partial charge on any atom is -0.496 e. The zero-order valence-electron chi connectivity index (χ0n) is 22.8. The quantitative estimate of drug-likeness (QED) is 0.219. The van der Waals surface area contributed by atoms with Gasteiger partial charge in [0.2, 0.25) is 0 Å². The second-order valence-electron chi connectivity index (χ2n) is 9.62. The molecular weight excluding hydrogens is 510 g/mol. The van der Waals surface area contributed by atoms with Gasteiger partial charge in [-0.3, -0.25) is 9.59 Å². The molecule has 39 heavy (non-hydrogen) atoms. The van der Waals surface area contributed by atoms with E-state index < -0.39 is 5.97 Å². The summed E-state index contributed by atoms with van der Waals surface area (Å²) < 4.78 is 7.39. The number of carbonyl (C=O) groups excluding carboxylic acids is 1. The molecule has 0 aliphatic heterocycles. The number of allylic oxidation sites excluding steroid dienone is 2. The van der Waals surface area contributed by atoms with Crippen molar-refractivity contribution in [2.24, 2.45) is 7.05 Å². The third kappa shape index (κ3) is 5.84. The maximum atomic E-state index is 13.4. The first-order valence-corrected chi connectivity index (χ1v) is 13.2. The highest BCUT2D eigenvalue weighted by Crippen LogP contribution is 2.38. The van der Waals surface area contributed by atoms with Crippen LogP contribution in [0.15, 0.2) is 72.9 Å². The first-order valence-electron chi connectivity index (χ1n) is 12.8. The van der Waals surface area contributed by atoms with Crippen molar-refractivity contribution in [3.63, 3.8) is 0 Å². The molecule has 0 unspecified atom stereocenters. The number of Topliss-reactive ketones (excluding diaryl/α,β-unsaturated/α-hetero) is 1. The van der Waals surface area contributed by atoms with Crippen LogP contribution in [0.2, 0.25) is 5.02 Å². The molecule has 0 spiro atoms. The summed E-state index contributed by atoms with van der Waals surface area (Å²) in [5.41, 5.74) is 8.40. The second-order valence-corrected chi connectivity index (χ2v) is 10.0. The molecule has 4 aromatic rings. The number of rotatable bonds is 9. The summed E-state index contributed by atoms with van der Waals surface area (Å²) in [6, 6.07) is 21.7. The van der Waals surface area contributed by atoms with Crippen LogP contribution in [-0.2, 0) is 23.1 Å². The molecule has 0 radical (unpaired) electrons. The van der Waals surface area contributed by atoms with E-state index in [1.807, 2.05) is 99.1 Å². The normalized spacial score (nSPS) is 11.7. The lowest BCUT2D eigenvalue weighted by Gasteiger charge is -2.17. The summed E-state index contributed by atoms with van der Waals surface area (Å²) in [6.07, 6.45) is 2.06. The number of aliphatic carboxylic acids is 1. The molecule has 0 aliphatic rings. The summed E-state index contributed by atoms with van der Waals surface area (Å²) in [6.45, 7) is 5.71. The fourth-order valence-corrected chi connectivity index (χ4v) is 5.35. The monoisotopic (exact) mass is 541 g/mol. The average Bonchev–Trinajstić information content (AvgIpc) is 3.28. The molecule has 0 amide bonds. The molecular formula is C33H32ClNO4. The molecule has 0 fully saturated rings. The standard InChI is InChI=1S/C33H32ClNO4/c1-6-30(36)33(21(3)29-16-22(17-32(37)38)19-35(29)4)26-18-27(28(34)15-20(26)2)24-13-11-23(12-14-24)25-9-7-8-10-31(25)39-5/h7-16,18-19H,6,17H2,1-5H3,(H,37,38). The van der Waals surface area contributed by atoms with Crippen molar-refractivity contribution in [3.05, 3.63) is 100 Å². The number of methoxy groups -OCH3 is 1. The number of aromatic nitrogens is 1. The molecule has 4 rings (SSSR count). The van der Waals surface area contributed by atoms with E-state index in [0.717, 1.165) is 50.4 Å². The number of carboxylic acids is 1. The van der Waals surface area contributed by atoms with Crippen LogP contribution in [0.3, 0.4) is 0 Å². The summed E-state index contributed by atoms with van der Waals surface area (Å²) in [4.78, 5) is 24.6. The number of carboxylic acid groups (broad SMARTS) is 1. The van der Waals surface area contributed by atoms with Gasteiger partial charge in [0, 0.05) is 47.1 Å². The predicted octanol–water partition coefficient (Wildman–Crippen LogP) is 7.87. The number of hydrogen-bond acceptors (Lipinski definition) is 3. The molecule has 0 bridgehead atoms. The highest BCUT2D eigenvalue weighted by Gasteiger charge is 2.21. The Morgan fingerprint density at radius 1 is 0.974 bits per heavy atom. The summed E-state index contributed by atoms with van der Waals surface area (Å²) in [5.74, 6) is -0.0821. The number of ketones is 1. The van der Waals surface area contributed by atoms with Crippen LogP contribution in [0.4, 0.5) is 0 Å². The molecule has 1 heterocycles. The van der Waals surface area contributed by atoms with Crippen LogP contribution >= 0.6 is 11.6 Å². The van der Waals surface area contributed by atoms with Gasteiger partial charge in [-0.15, -0.1) is 0 Å². The van der Waals surface area contributed by atoms with Crippen LogP contribution in [0.25, 0.3) is 33.4 Å². The lowest BCUT2D eigenvalue weighted by molar-refractivity contribution is -0.136. The van der Waals surface area contributed by atoms with Crippen molar-refractivity contribution in [3.8, 4) is 28.0 Å². The van der Waals surface area contributed by atoms with Gasteiger partial charge in [-0.1, -0.05) is 61.0 Å². The maximum Gasteiger partial charge on any atom is 0.307 e. The topological polar surface area (TPSA) is 68.5 Å². The Labute approximate surface area is 234 Å². The lowest BCUT2D eigenvalue weighted by Crippen LogP contribution is -2.06. The number of aryl methyl sites for hydroxylation is 2. The molecule has 3 aromatic carbocycles. The first kappa shape index (κ1) is 27.9. The zero-order chi connectivity index (χ0) is 28.3. The third-order valence-corrected chi connectivity index (χ3v) is 7.29. The van der Waals surface area contributed by atoms with Crippen molar-refractivity contribution in [2.75, 3.05) is 7.11 Å². The largest absolute Gasteiger partial charge is 0.496 e. The Hall–Kier alpha value is -4.09. The number of ether oxygens (including phenoxy) is 1. The highest BCUT2D eigenvalue weighted by molar-refractivity contribution is 6.34. The van der Waals surface area contributed by atoms with E-state index in [1.165, 1.54) is 0 Å². The van der Waals surface area contributed by atoms with Gasteiger partial charge in [-0.25, -0.2) is 0 Å². The molecule has 200 valence electrons. The number of benzene rings is 3. The molecule has 0 saturated carbocycles. The van der Waals surface area contributed by atoms with Gasteiger partial charge in [-0.05, 0) is 71.5 Å². The zero-order valence-corrected chi connectivity index (χ0v) is 23.6. The maximum absolute atomic E-state index is 13.4. The van der Waals surface area contributed by atoms with Crippen LogP contribution in [-0.4, -0.2) is 28.5 Å². The molecule has 1 aromatic heterocycles. The third-order valence-electron chi connectivity index (χ3n) is 6.97. The van der Waals surface area contributed by atoms with Crippen molar-refractivity contribution in [2.45, 2.75) is 33.6 Å².